The van der Waals surface area contributed by atoms with Gasteiger partial charge in [-0.25, -0.2) is 18.2 Å². The molecule has 2 unspecified atom stereocenters. The van der Waals surface area contributed by atoms with Gasteiger partial charge in [0.25, 0.3) is 5.91 Å². The zero-order chi connectivity index (χ0) is 44.2. The van der Waals surface area contributed by atoms with E-state index in [0.29, 0.717) is 55.0 Å². The van der Waals surface area contributed by atoms with Gasteiger partial charge in [-0.15, -0.1) is 0 Å². The van der Waals surface area contributed by atoms with Gasteiger partial charge in [0.15, 0.2) is 11.5 Å². The number of ether oxygens (including phenoxy) is 3. The summed E-state index contributed by atoms with van der Waals surface area (Å²) in [5, 5.41) is 5.07. The van der Waals surface area contributed by atoms with E-state index in [1.54, 1.807) is 20.8 Å². The highest BCUT2D eigenvalue weighted by Gasteiger charge is 2.62. The number of sulfonamides is 1. The van der Waals surface area contributed by atoms with Crippen molar-refractivity contribution in [2.45, 2.75) is 151 Å². The number of hydrogen-bond donors (Lipinski definition) is 3. The standard InChI is InChI=1S/C47H59N5O9S/c1-45(2,3)29-20-18-28(19-21-29)35-25-38(40-39(48-35)33-15-12-13-17-37(33)60-40)59-31-24-36-41(53)50-47(43(55)51-62(57,58)32-22-23-32)26-30(47)14-10-8-7-9-11-16-34(42(54)52(36)27-31)49-44(56)61-46(4,5)6/h10,12-15,17-21,25,30-34,36-37H,7-9,11,16,22-24,26-27H2,1-6H3,(H,49,56)(H,50,53)(H,51,55)/b14-10-/t30-,31-,33?,34+,36+,37?,47-/m1/s1. The van der Waals surface area contributed by atoms with Crippen molar-refractivity contribution in [1.82, 2.24) is 25.2 Å². The van der Waals surface area contributed by atoms with Crippen LogP contribution in [0.4, 0.5) is 4.79 Å². The van der Waals surface area contributed by atoms with Crippen LogP contribution >= 0.6 is 0 Å². The van der Waals surface area contributed by atoms with Crippen LogP contribution in [-0.4, -0.2) is 89.3 Å². The van der Waals surface area contributed by atoms with Crippen LogP contribution in [0.5, 0.6) is 11.5 Å². The number of nitrogens with zero attached hydrogens (tertiary/aromatic N) is 2. The third kappa shape index (κ3) is 9.28. The fourth-order valence-electron chi connectivity index (χ4n) is 8.81. The fourth-order valence-corrected chi connectivity index (χ4v) is 10.2. The predicted octanol–water partition coefficient (Wildman–Crippen LogP) is 6.26. The third-order valence-electron chi connectivity index (χ3n) is 12.5. The van der Waals surface area contributed by atoms with E-state index in [1.165, 1.54) is 10.5 Å². The lowest BCUT2D eigenvalue weighted by Crippen LogP contribution is -2.58. The Balaban J connectivity index is 1.13. The fraction of sp³-hybridized carbons (Fsp3) is 0.553. The number of allylic oxidation sites excluding steroid dienone is 3. The topological polar surface area (TPSA) is 182 Å². The van der Waals surface area contributed by atoms with Crippen molar-refractivity contribution < 1.29 is 41.8 Å². The molecular formula is C47H59N5O9S. The van der Waals surface area contributed by atoms with Crippen LogP contribution < -0.4 is 24.8 Å². The number of aromatic nitrogens is 1. The molecule has 8 rings (SSSR count). The molecule has 2 aromatic rings. The number of amides is 4. The molecule has 1 aromatic carbocycles. The molecule has 2 saturated carbocycles. The highest BCUT2D eigenvalue weighted by atomic mass is 32.2. The molecule has 62 heavy (non-hydrogen) atoms. The van der Waals surface area contributed by atoms with Crippen molar-refractivity contribution in [2.75, 3.05) is 6.54 Å². The molecule has 0 bridgehead atoms. The summed E-state index contributed by atoms with van der Waals surface area (Å²) in [4.78, 5) is 63.0. The van der Waals surface area contributed by atoms with Crippen LogP contribution in [0, 0.1) is 5.92 Å². The summed E-state index contributed by atoms with van der Waals surface area (Å²) in [5.41, 5.74) is 1.07. The van der Waals surface area contributed by atoms with Gasteiger partial charge in [0.2, 0.25) is 21.8 Å². The summed E-state index contributed by atoms with van der Waals surface area (Å²) in [6.45, 7) is 11.7. The highest BCUT2D eigenvalue weighted by Crippen LogP contribution is 2.49. The molecule has 332 valence electrons. The first-order valence-electron chi connectivity index (χ1n) is 22.0. The smallest absolute Gasteiger partial charge is 0.408 e. The number of pyridine rings is 1. The number of carbonyl (C=O) groups is 4. The molecule has 6 aliphatic rings. The molecule has 0 radical (unpaired) electrons. The first kappa shape index (κ1) is 43.5. The molecule has 3 aliphatic carbocycles. The molecule has 15 heteroatoms. The minimum atomic E-state index is -3.91. The third-order valence-corrected chi connectivity index (χ3v) is 14.3. The van der Waals surface area contributed by atoms with Gasteiger partial charge >= 0.3 is 6.09 Å². The van der Waals surface area contributed by atoms with Crippen molar-refractivity contribution in [1.29, 1.82) is 0 Å². The molecule has 1 saturated heterocycles. The number of alkyl carbamates (subject to hydrolysis) is 1. The molecule has 14 nitrogen and oxygen atoms in total. The number of hydrogen-bond acceptors (Lipinski definition) is 10. The lowest BCUT2D eigenvalue weighted by atomic mass is 9.86. The molecule has 3 fully saturated rings. The van der Waals surface area contributed by atoms with E-state index in [1.807, 2.05) is 48.6 Å². The van der Waals surface area contributed by atoms with Gasteiger partial charge < -0.3 is 29.7 Å². The summed E-state index contributed by atoms with van der Waals surface area (Å²) >= 11 is 0. The lowest BCUT2D eigenvalue weighted by Gasteiger charge is -2.30. The average Bonchev–Trinajstić information content (AvgIpc) is 4.10. The molecule has 3 N–H and O–H groups in total. The van der Waals surface area contributed by atoms with Crippen LogP contribution in [-0.2, 0) is 34.6 Å². The van der Waals surface area contributed by atoms with Gasteiger partial charge in [0, 0.05) is 24.0 Å². The number of fused-ring (bicyclic) bond motifs is 5. The molecule has 4 amide bonds. The zero-order valence-corrected chi connectivity index (χ0v) is 37.3. The molecule has 3 aliphatic heterocycles. The first-order valence-corrected chi connectivity index (χ1v) is 23.5. The summed E-state index contributed by atoms with van der Waals surface area (Å²) in [7, 11) is -3.91. The van der Waals surface area contributed by atoms with Crippen molar-refractivity contribution in [3.8, 4) is 22.8 Å². The van der Waals surface area contributed by atoms with E-state index in [2.05, 4.69) is 54.3 Å². The summed E-state index contributed by atoms with van der Waals surface area (Å²) < 4.78 is 47.1. The van der Waals surface area contributed by atoms with E-state index in [-0.39, 0.29) is 36.8 Å². The van der Waals surface area contributed by atoms with Gasteiger partial charge in [-0.3, -0.25) is 19.1 Å². The minimum absolute atomic E-state index is 0.0264. The number of nitrogens with one attached hydrogen (secondary N) is 3. The second kappa shape index (κ2) is 16.5. The SMILES string of the molecule is CC(C)(C)OC(=O)N[C@H]1CCCCC/C=C\[C@@H]2C[C@@]2(C(=O)NS(=O)(=O)C2CC2)NC(=O)[C@@H]2C[C@@H](Oc3cc(-c4ccc(C(C)(C)C)cc4)nc4c3OC3C=CC=CC43)CN2C1=O. The second-order valence-electron chi connectivity index (χ2n) is 19.6. The van der Waals surface area contributed by atoms with Crippen LogP contribution in [0.15, 0.2) is 66.8 Å². The maximum Gasteiger partial charge on any atom is 0.408 e. The Morgan fingerprint density at radius 2 is 1.71 bits per heavy atom. The Bertz CT molecular complexity index is 2310. The molecule has 0 spiro atoms. The minimum Gasteiger partial charge on any atom is -0.484 e. The van der Waals surface area contributed by atoms with Crippen molar-refractivity contribution in [2.24, 2.45) is 5.92 Å². The van der Waals surface area contributed by atoms with E-state index in [4.69, 9.17) is 19.2 Å². The summed E-state index contributed by atoms with van der Waals surface area (Å²) in [6.07, 6.45) is 14.3. The molecule has 4 heterocycles. The van der Waals surface area contributed by atoms with E-state index >= 15 is 0 Å². The lowest BCUT2D eigenvalue weighted by molar-refractivity contribution is -0.141. The largest absolute Gasteiger partial charge is 0.484 e. The monoisotopic (exact) mass is 869 g/mol. The van der Waals surface area contributed by atoms with Crippen molar-refractivity contribution in [3.05, 3.63) is 78.0 Å². The van der Waals surface area contributed by atoms with Gasteiger partial charge in [0.1, 0.15) is 35.4 Å². The average molecular weight is 870 g/mol. The van der Waals surface area contributed by atoms with Crippen LogP contribution in [0.25, 0.3) is 11.3 Å². The van der Waals surface area contributed by atoms with Gasteiger partial charge in [-0.05, 0) is 76.4 Å². The maximum absolute atomic E-state index is 14.8. The molecule has 7 atom stereocenters. The normalized spacial score (nSPS) is 29.0. The summed E-state index contributed by atoms with van der Waals surface area (Å²) in [6, 6.07) is 7.95. The summed E-state index contributed by atoms with van der Waals surface area (Å²) in [5.74, 6) is -1.60. The van der Waals surface area contributed by atoms with Gasteiger partial charge in [-0.2, -0.15) is 0 Å². The van der Waals surface area contributed by atoms with Crippen molar-refractivity contribution in [3.63, 3.8) is 0 Å². The van der Waals surface area contributed by atoms with Crippen LogP contribution in [0.2, 0.25) is 0 Å². The zero-order valence-electron chi connectivity index (χ0n) is 36.4. The number of rotatable bonds is 7. The van der Waals surface area contributed by atoms with Gasteiger partial charge in [-0.1, -0.05) is 88.3 Å². The Morgan fingerprint density at radius 1 is 0.968 bits per heavy atom. The number of benzene rings is 1. The molecule has 1 aromatic heterocycles. The quantitative estimate of drug-likeness (QED) is 0.269. The Kier molecular flexibility index (Phi) is 11.6. The second-order valence-corrected chi connectivity index (χ2v) is 21.6. The Labute approximate surface area is 364 Å². The Morgan fingerprint density at radius 3 is 2.42 bits per heavy atom. The van der Waals surface area contributed by atoms with Crippen molar-refractivity contribution >= 4 is 33.8 Å². The maximum atomic E-state index is 14.8. The Hall–Kier alpha value is -5.18. The first-order chi connectivity index (χ1) is 29.3. The van der Waals surface area contributed by atoms with Gasteiger partial charge in [0.05, 0.1) is 29.1 Å². The van der Waals surface area contributed by atoms with E-state index < -0.39 is 74.3 Å². The van der Waals surface area contributed by atoms with E-state index in [9.17, 15) is 27.6 Å². The van der Waals surface area contributed by atoms with Crippen LogP contribution in [0.1, 0.15) is 117 Å². The molecular weight excluding hydrogens is 811 g/mol. The van der Waals surface area contributed by atoms with Crippen LogP contribution in [0.3, 0.4) is 0 Å². The van der Waals surface area contributed by atoms with E-state index in [0.717, 1.165) is 18.4 Å². The number of carbonyl (C=O) groups excluding carboxylic acids is 4. The highest BCUT2D eigenvalue weighted by molar-refractivity contribution is 7.91. The predicted molar refractivity (Wildman–Crippen MR) is 233 cm³/mol.